The van der Waals surface area contributed by atoms with E-state index in [9.17, 15) is 9.59 Å². The van der Waals surface area contributed by atoms with Crippen LogP contribution < -0.4 is 10.3 Å². The highest BCUT2D eigenvalue weighted by atomic mass is 16.2. The Bertz CT molecular complexity index is 1360. The summed E-state index contributed by atoms with van der Waals surface area (Å²) in [6.45, 7) is 2.25. The Hall–Kier alpha value is -4.32. The summed E-state index contributed by atoms with van der Waals surface area (Å²) in [5.41, 5.74) is 7.18. The van der Waals surface area contributed by atoms with Gasteiger partial charge in [-0.3, -0.25) is 14.6 Å². The molecule has 5 rings (SSSR count). The number of amides is 2. The molecule has 156 valence electrons. The number of pyridine rings is 1. The first-order chi connectivity index (χ1) is 15.6. The Labute approximate surface area is 185 Å². The lowest BCUT2D eigenvalue weighted by Gasteiger charge is -2.18. The third-order valence-corrected chi connectivity index (χ3v) is 5.61. The molecule has 0 fully saturated rings. The zero-order valence-corrected chi connectivity index (χ0v) is 17.4. The molecule has 1 aliphatic rings. The van der Waals surface area contributed by atoms with Crippen molar-refractivity contribution in [2.24, 2.45) is 5.10 Å². The molecule has 0 atom stereocenters. The van der Waals surface area contributed by atoms with E-state index < -0.39 is 0 Å². The fourth-order valence-electron chi connectivity index (χ4n) is 3.92. The lowest BCUT2D eigenvalue weighted by atomic mass is 10.1. The van der Waals surface area contributed by atoms with E-state index in [0.29, 0.717) is 17.8 Å². The lowest BCUT2D eigenvalue weighted by Crippen LogP contribution is -2.26. The van der Waals surface area contributed by atoms with Gasteiger partial charge in [-0.1, -0.05) is 42.5 Å². The van der Waals surface area contributed by atoms with Crippen LogP contribution >= 0.6 is 0 Å². The van der Waals surface area contributed by atoms with E-state index in [0.717, 1.165) is 33.2 Å². The van der Waals surface area contributed by atoms with Crippen molar-refractivity contribution < 1.29 is 9.59 Å². The molecule has 0 radical (unpaired) electrons. The van der Waals surface area contributed by atoms with Crippen molar-refractivity contribution in [2.45, 2.75) is 13.5 Å². The fraction of sp³-hybridized carbons (Fsp3) is 0.0769. The zero-order valence-electron chi connectivity index (χ0n) is 17.4. The summed E-state index contributed by atoms with van der Waals surface area (Å²) < 4.78 is 0. The predicted molar refractivity (Wildman–Crippen MR) is 125 cm³/mol. The number of nitrogens with zero attached hydrogens (tertiary/aromatic N) is 3. The molecule has 4 aromatic rings. The molecule has 0 unspecified atom stereocenters. The zero-order chi connectivity index (χ0) is 22.1. The number of anilines is 1. The maximum Gasteiger partial charge on any atom is 0.271 e. The first-order valence-electron chi connectivity index (χ1n) is 10.3. The van der Waals surface area contributed by atoms with Gasteiger partial charge in [-0.15, -0.1) is 0 Å². The van der Waals surface area contributed by atoms with Crippen LogP contribution in [-0.2, 0) is 6.54 Å². The number of rotatable bonds is 5. The average molecular weight is 420 g/mol. The quantitative estimate of drug-likeness (QED) is 0.380. The first kappa shape index (κ1) is 19.6. The van der Waals surface area contributed by atoms with Crippen molar-refractivity contribution in [1.82, 2.24) is 10.4 Å². The molecule has 0 aliphatic carbocycles. The highest BCUT2D eigenvalue weighted by Crippen LogP contribution is 2.37. The molecular weight excluding hydrogens is 400 g/mol. The first-order valence-corrected chi connectivity index (χ1v) is 10.3. The molecule has 6 nitrogen and oxygen atoms in total. The third-order valence-electron chi connectivity index (χ3n) is 5.61. The van der Waals surface area contributed by atoms with Crippen LogP contribution in [0.4, 0.5) is 5.69 Å². The lowest BCUT2D eigenvalue weighted by molar-refractivity contribution is 0.0953. The largest absolute Gasteiger partial charge is 0.303 e. The summed E-state index contributed by atoms with van der Waals surface area (Å²) in [4.78, 5) is 31.3. The number of benzene rings is 3. The molecule has 0 spiro atoms. The van der Waals surface area contributed by atoms with Gasteiger partial charge in [0.2, 0.25) is 0 Å². The van der Waals surface area contributed by atoms with E-state index in [4.69, 9.17) is 0 Å². The molecule has 0 saturated carbocycles. The maximum absolute atomic E-state index is 13.0. The van der Waals surface area contributed by atoms with E-state index in [1.54, 1.807) is 29.4 Å². The number of aromatic nitrogens is 1. The minimum atomic E-state index is -0.297. The minimum Gasteiger partial charge on any atom is -0.303 e. The molecule has 6 heteroatoms. The van der Waals surface area contributed by atoms with Gasteiger partial charge in [0, 0.05) is 34.5 Å². The van der Waals surface area contributed by atoms with Crippen LogP contribution in [0.2, 0.25) is 0 Å². The van der Waals surface area contributed by atoms with Gasteiger partial charge in [0.1, 0.15) is 0 Å². The Morgan fingerprint density at radius 3 is 2.50 bits per heavy atom. The van der Waals surface area contributed by atoms with Gasteiger partial charge in [0.05, 0.1) is 17.9 Å². The molecule has 0 saturated heterocycles. The van der Waals surface area contributed by atoms with Crippen molar-refractivity contribution in [2.75, 3.05) is 4.90 Å². The average Bonchev–Trinajstić information content (AvgIpc) is 3.11. The van der Waals surface area contributed by atoms with Gasteiger partial charge in [-0.05, 0) is 48.2 Å². The Morgan fingerprint density at radius 2 is 1.75 bits per heavy atom. The Balaban J connectivity index is 1.30. The van der Waals surface area contributed by atoms with Crippen LogP contribution in [0.5, 0.6) is 0 Å². The van der Waals surface area contributed by atoms with Crippen molar-refractivity contribution in [1.29, 1.82) is 0 Å². The summed E-state index contributed by atoms with van der Waals surface area (Å²) in [6, 6.07) is 22.7. The molecule has 2 amide bonds. The van der Waals surface area contributed by atoms with Crippen molar-refractivity contribution in [3.05, 3.63) is 107 Å². The van der Waals surface area contributed by atoms with Gasteiger partial charge in [-0.25, -0.2) is 5.43 Å². The summed E-state index contributed by atoms with van der Waals surface area (Å²) in [5.74, 6) is -0.298. The number of carbonyl (C=O) groups excluding carboxylic acids is 2. The van der Waals surface area contributed by atoms with Gasteiger partial charge in [0.25, 0.3) is 11.8 Å². The predicted octanol–water partition coefficient (Wildman–Crippen LogP) is 4.55. The topological polar surface area (TPSA) is 74.7 Å². The van der Waals surface area contributed by atoms with Crippen molar-refractivity contribution in [3.8, 4) is 0 Å². The molecular formula is C26H20N4O2. The summed E-state index contributed by atoms with van der Waals surface area (Å²) in [5, 5.41) is 6.21. The summed E-state index contributed by atoms with van der Waals surface area (Å²) in [6.07, 6.45) is 3.38. The maximum atomic E-state index is 13.0. The van der Waals surface area contributed by atoms with Gasteiger partial charge >= 0.3 is 0 Å². The second kappa shape index (κ2) is 8.07. The smallest absolute Gasteiger partial charge is 0.271 e. The van der Waals surface area contributed by atoms with Crippen molar-refractivity contribution in [3.63, 3.8) is 0 Å². The summed E-state index contributed by atoms with van der Waals surface area (Å²) in [7, 11) is 0. The van der Waals surface area contributed by atoms with Gasteiger partial charge < -0.3 is 4.90 Å². The molecule has 3 aromatic carbocycles. The minimum absolute atomic E-state index is 0.00108. The number of hydrogen-bond donors (Lipinski definition) is 1. The van der Waals surface area contributed by atoms with Crippen molar-refractivity contribution >= 4 is 34.0 Å². The molecule has 32 heavy (non-hydrogen) atoms. The molecule has 2 heterocycles. The molecule has 1 aromatic heterocycles. The second-order valence-corrected chi connectivity index (χ2v) is 7.65. The van der Waals surface area contributed by atoms with Crippen LogP contribution in [0.15, 0.2) is 90.3 Å². The monoisotopic (exact) mass is 420 g/mol. The summed E-state index contributed by atoms with van der Waals surface area (Å²) >= 11 is 0. The van der Waals surface area contributed by atoms with Crippen LogP contribution in [0.1, 0.15) is 38.8 Å². The SMILES string of the molecule is C/C(=N\NC(=O)c1ccc(CN2C(=O)c3cccc4cccc2c34)cc1)c1cccnc1. The number of carbonyl (C=O) groups is 2. The van der Waals surface area contributed by atoms with E-state index in [1.807, 2.05) is 67.6 Å². The number of hydrazone groups is 1. The fourth-order valence-corrected chi connectivity index (χ4v) is 3.92. The molecule has 1 aliphatic heterocycles. The number of hydrogen-bond acceptors (Lipinski definition) is 4. The van der Waals surface area contributed by atoms with E-state index >= 15 is 0 Å². The standard InChI is InChI=1S/C26H20N4O2/c1-17(21-7-4-14-27-15-21)28-29-25(31)20-12-10-18(11-13-20)16-30-23-9-3-6-19-5-2-8-22(24(19)23)26(30)32/h2-15H,16H2,1H3,(H,29,31)/b28-17+. The van der Waals surface area contributed by atoms with E-state index in [-0.39, 0.29) is 11.8 Å². The van der Waals surface area contributed by atoms with Crippen LogP contribution in [0.3, 0.4) is 0 Å². The van der Waals surface area contributed by atoms with Gasteiger partial charge in [0.15, 0.2) is 0 Å². The van der Waals surface area contributed by atoms with Crippen LogP contribution in [0.25, 0.3) is 10.8 Å². The highest BCUT2D eigenvalue weighted by molar-refractivity contribution is 6.24. The second-order valence-electron chi connectivity index (χ2n) is 7.65. The van der Waals surface area contributed by atoms with E-state index in [1.165, 1.54) is 0 Å². The Kier molecular flexibility index (Phi) is 4.95. The van der Waals surface area contributed by atoms with E-state index in [2.05, 4.69) is 15.5 Å². The normalized spacial score (nSPS) is 13.0. The third kappa shape index (κ3) is 3.52. The van der Waals surface area contributed by atoms with Gasteiger partial charge in [-0.2, -0.15) is 5.10 Å². The molecule has 1 N–H and O–H groups in total. The molecule has 0 bridgehead atoms. The number of nitrogens with one attached hydrogen (secondary N) is 1. The Morgan fingerprint density at radius 1 is 0.969 bits per heavy atom. The highest BCUT2D eigenvalue weighted by Gasteiger charge is 2.29. The van der Waals surface area contributed by atoms with Crippen LogP contribution in [0, 0.1) is 0 Å². The van der Waals surface area contributed by atoms with Crippen LogP contribution in [-0.4, -0.2) is 22.5 Å².